The molecular weight excluding hydrogens is 454 g/mol. The number of carbonyl (C=O) groups excluding carboxylic acids is 2. The minimum atomic E-state index is -1.16. The molecule has 0 atom stereocenters. The molecule has 6 rings (SSSR count). The van der Waals surface area contributed by atoms with E-state index in [0.717, 1.165) is 32.6 Å². The van der Waals surface area contributed by atoms with Crippen molar-refractivity contribution in [3.63, 3.8) is 0 Å². The second-order valence-electron chi connectivity index (χ2n) is 8.34. The fourth-order valence-electron chi connectivity index (χ4n) is 4.39. The van der Waals surface area contributed by atoms with Crippen molar-refractivity contribution in [1.82, 2.24) is 9.97 Å². The monoisotopic (exact) mass is 471 g/mol. The van der Waals surface area contributed by atoms with Crippen LogP contribution in [0.1, 0.15) is 31.1 Å². The third kappa shape index (κ3) is 3.42. The lowest BCUT2D eigenvalue weighted by atomic mass is 10.1. The van der Waals surface area contributed by atoms with Crippen LogP contribution in [0.5, 0.6) is 0 Å². The first-order valence-corrected chi connectivity index (χ1v) is 11.2. The number of para-hydroxylation sites is 1. The Bertz CT molecular complexity index is 1700. The summed E-state index contributed by atoms with van der Waals surface area (Å²) in [4.78, 5) is 47.8. The number of rotatable bonds is 4. The summed E-state index contributed by atoms with van der Waals surface area (Å²) in [7, 11) is 0. The number of hydrogen-bond acceptors (Lipinski definition) is 5. The van der Waals surface area contributed by atoms with Gasteiger partial charge in [0.05, 0.1) is 33.6 Å². The highest BCUT2D eigenvalue weighted by Crippen LogP contribution is 2.32. The average molecular weight is 471 g/mol. The SMILES string of the molecule is O=C(O)c1ccc2c(c1)C(=O)N(c1ccc(-c3nc(-c4ccccc4)c4ccccc4n3)cc1)C2=O. The summed E-state index contributed by atoms with van der Waals surface area (Å²) >= 11 is 0. The van der Waals surface area contributed by atoms with Crippen LogP contribution in [0.15, 0.2) is 97.1 Å². The van der Waals surface area contributed by atoms with Crippen molar-refractivity contribution in [2.75, 3.05) is 4.90 Å². The highest BCUT2D eigenvalue weighted by Gasteiger charge is 2.37. The van der Waals surface area contributed by atoms with Crippen LogP contribution in [-0.4, -0.2) is 32.9 Å². The van der Waals surface area contributed by atoms with E-state index in [1.165, 1.54) is 18.2 Å². The largest absolute Gasteiger partial charge is 0.478 e. The molecule has 0 saturated carbocycles. The van der Waals surface area contributed by atoms with Crippen molar-refractivity contribution in [3.8, 4) is 22.6 Å². The Morgan fingerprint density at radius 2 is 1.39 bits per heavy atom. The molecule has 7 nitrogen and oxygen atoms in total. The maximum atomic E-state index is 13.0. The summed E-state index contributed by atoms with van der Waals surface area (Å²) in [5.41, 5.74) is 3.91. The van der Waals surface area contributed by atoms with Gasteiger partial charge in [0, 0.05) is 16.5 Å². The Hall–Kier alpha value is -5.17. The molecule has 0 radical (unpaired) electrons. The Morgan fingerprint density at radius 3 is 2.14 bits per heavy atom. The summed E-state index contributed by atoms with van der Waals surface area (Å²) < 4.78 is 0. The molecule has 1 aliphatic rings. The number of benzene rings is 4. The molecular formula is C29H17N3O4. The topological polar surface area (TPSA) is 100 Å². The molecule has 172 valence electrons. The van der Waals surface area contributed by atoms with Gasteiger partial charge in [-0.15, -0.1) is 0 Å². The summed E-state index contributed by atoms with van der Waals surface area (Å²) in [6.45, 7) is 0. The molecule has 2 amide bonds. The van der Waals surface area contributed by atoms with E-state index in [1.807, 2.05) is 54.6 Å². The number of imide groups is 1. The van der Waals surface area contributed by atoms with E-state index in [2.05, 4.69) is 0 Å². The van der Waals surface area contributed by atoms with Crippen LogP contribution in [0.25, 0.3) is 33.5 Å². The number of carbonyl (C=O) groups is 3. The van der Waals surface area contributed by atoms with Crippen LogP contribution in [0.3, 0.4) is 0 Å². The molecule has 0 spiro atoms. The summed E-state index contributed by atoms with van der Waals surface area (Å²) in [5.74, 6) is -1.69. The highest BCUT2D eigenvalue weighted by molar-refractivity contribution is 6.34. The Morgan fingerprint density at radius 1 is 0.694 bits per heavy atom. The number of amides is 2. The van der Waals surface area contributed by atoms with Crippen molar-refractivity contribution in [3.05, 3.63) is 114 Å². The van der Waals surface area contributed by atoms with E-state index >= 15 is 0 Å². The Balaban J connectivity index is 1.38. The number of anilines is 1. The molecule has 5 aromatic rings. The van der Waals surface area contributed by atoms with Gasteiger partial charge < -0.3 is 5.11 Å². The number of fused-ring (bicyclic) bond motifs is 2. The number of carboxylic acid groups (broad SMARTS) is 1. The van der Waals surface area contributed by atoms with E-state index in [1.54, 1.807) is 24.3 Å². The van der Waals surface area contributed by atoms with Gasteiger partial charge in [-0.25, -0.2) is 19.7 Å². The van der Waals surface area contributed by atoms with Crippen LogP contribution >= 0.6 is 0 Å². The molecule has 0 saturated heterocycles. The standard InChI is InChI=1S/C29H17N3O4/c33-27-21-15-12-19(29(35)36)16-23(21)28(34)32(27)20-13-10-18(11-14-20)26-30-24-9-5-4-8-22(24)25(31-26)17-6-2-1-3-7-17/h1-16H,(H,35,36). The molecule has 0 fully saturated rings. The molecule has 2 heterocycles. The van der Waals surface area contributed by atoms with Crippen LogP contribution in [0.4, 0.5) is 5.69 Å². The minimum Gasteiger partial charge on any atom is -0.478 e. The number of hydrogen-bond donors (Lipinski definition) is 1. The second-order valence-corrected chi connectivity index (χ2v) is 8.34. The molecule has 1 aliphatic heterocycles. The van der Waals surface area contributed by atoms with Gasteiger partial charge in [-0.2, -0.15) is 0 Å². The predicted molar refractivity (Wildman–Crippen MR) is 135 cm³/mol. The average Bonchev–Trinajstić information content (AvgIpc) is 3.17. The van der Waals surface area contributed by atoms with Gasteiger partial charge >= 0.3 is 5.97 Å². The molecule has 0 bridgehead atoms. The fourth-order valence-corrected chi connectivity index (χ4v) is 4.39. The number of aromatic nitrogens is 2. The van der Waals surface area contributed by atoms with Crippen molar-refractivity contribution in [2.45, 2.75) is 0 Å². The van der Waals surface area contributed by atoms with E-state index in [4.69, 9.17) is 9.97 Å². The summed E-state index contributed by atoms with van der Waals surface area (Å²) in [6, 6.07) is 28.5. The zero-order chi connectivity index (χ0) is 24.8. The third-order valence-corrected chi connectivity index (χ3v) is 6.17. The number of aromatic carboxylic acids is 1. The van der Waals surface area contributed by atoms with Gasteiger partial charge in [-0.3, -0.25) is 9.59 Å². The molecule has 7 heteroatoms. The zero-order valence-corrected chi connectivity index (χ0v) is 18.8. The van der Waals surface area contributed by atoms with E-state index in [9.17, 15) is 19.5 Å². The summed E-state index contributed by atoms with van der Waals surface area (Å²) in [6.07, 6.45) is 0. The third-order valence-electron chi connectivity index (χ3n) is 6.17. The molecule has 1 N–H and O–H groups in total. The van der Waals surface area contributed by atoms with Crippen LogP contribution in [-0.2, 0) is 0 Å². The van der Waals surface area contributed by atoms with Crippen molar-refractivity contribution >= 4 is 34.4 Å². The first-order valence-electron chi connectivity index (χ1n) is 11.2. The van der Waals surface area contributed by atoms with Gasteiger partial charge in [0.15, 0.2) is 5.82 Å². The summed E-state index contributed by atoms with van der Waals surface area (Å²) in [5, 5.41) is 10.2. The normalized spacial score (nSPS) is 12.7. The van der Waals surface area contributed by atoms with Gasteiger partial charge in [0.2, 0.25) is 0 Å². The maximum absolute atomic E-state index is 13.0. The minimum absolute atomic E-state index is 0.0465. The smallest absolute Gasteiger partial charge is 0.335 e. The van der Waals surface area contributed by atoms with Crippen LogP contribution in [0, 0.1) is 0 Å². The quantitative estimate of drug-likeness (QED) is 0.349. The molecule has 36 heavy (non-hydrogen) atoms. The molecule has 0 unspecified atom stereocenters. The van der Waals surface area contributed by atoms with E-state index in [-0.39, 0.29) is 16.7 Å². The first-order chi connectivity index (χ1) is 17.5. The first kappa shape index (κ1) is 21.4. The predicted octanol–water partition coefficient (Wildman–Crippen LogP) is 5.46. The maximum Gasteiger partial charge on any atom is 0.335 e. The molecule has 1 aromatic heterocycles. The Labute approximate surface area is 205 Å². The number of nitrogens with zero attached hydrogens (tertiary/aromatic N) is 3. The lowest BCUT2D eigenvalue weighted by Gasteiger charge is -2.14. The zero-order valence-electron chi connectivity index (χ0n) is 18.8. The van der Waals surface area contributed by atoms with Gasteiger partial charge in [0.1, 0.15) is 0 Å². The van der Waals surface area contributed by atoms with Gasteiger partial charge in [0.25, 0.3) is 11.8 Å². The highest BCUT2D eigenvalue weighted by atomic mass is 16.4. The van der Waals surface area contributed by atoms with Crippen molar-refractivity contribution < 1.29 is 19.5 Å². The molecule has 0 aliphatic carbocycles. The van der Waals surface area contributed by atoms with Gasteiger partial charge in [-0.05, 0) is 48.5 Å². The van der Waals surface area contributed by atoms with Crippen LogP contribution in [0.2, 0.25) is 0 Å². The van der Waals surface area contributed by atoms with E-state index in [0.29, 0.717) is 11.5 Å². The Kier molecular flexibility index (Phi) is 4.90. The van der Waals surface area contributed by atoms with Crippen molar-refractivity contribution in [2.24, 2.45) is 0 Å². The second kappa shape index (κ2) is 8.25. The van der Waals surface area contributed by atoms with Crippen LogP contribution < -0.4 is 4.90 Å². The molecule has 4 aromatic carbocycles. The number of carboxylic acids is 1. The lowest BCUT2D eigenvalue weighted by Crippen LogP contribution is -2.29. The van der Waals surface area contributed by atoms with Gasteiger partial charge in [-0.1, -0.05) is 48.5 Å². The van der Waals surface area contributed by atoms with Crippen molar-refractivity contribution in [1.29, 1.82) is 0 Å². The van der Waals surface area contributed by atoms with E-state index < -0.39 is 17.8 Å². The lowest BCUT2D eigenvalue weighted by molar-refractivity contribution is 0.0696. The fraction of sp³-hybridized carbons (Fsp3) is 0.